The van der Waals surface area contributed by atoms with Crippen molar-refractivity contribution in [1.82, 2.24) is 14.8 Å². The molecule has 6 nitrogen and oxygen atoms in total. The van der Waals surface area contributed by atoms with Crippen molar-refractivity contribution >= 4 is 11.8 Å². The Hall–Kier alpha value is -2.37. The normalized spacial score (nSPS) is 23.2. The van der Waals surface area contributed by atoms with Gasteiger partial charge in [0.15, 0.2) is 0 Å². The predicted octanol–water partition coefficient (Wildman–Crippen LogP) is 2.58. The molecule has 156 valence electrons. The number of nitrogens with one attached hydrogen (secondary N) is 1. The fourth-order valence-electron chi connectivity index (χ4n) is 5.06. The number of allylic oxidation sites excluding steroid dienone is 1. The molecule has 2 amide bonds. The Morgan fingerprint density at radius 3 is 2.83 bits per heavy atom. The molecule has 2 aliphatic heterocycles. The Morgan fingerprint density at radius 1 is 1.10 bits per heavy atom. The fraction of sp³-hybridized carbons (Fsp3) is 0.609. The highest BCUT2D eigenvalue weighted by molar-refractivity contribution is 5.83. The summed E-state index contributed by atoms with van der Waals surface area (Å²) in [6.07, 6.45) is 9.62. The number of likely N-dealkylation sites (tertiary alicyclic amines) is 1. The van der Waals surface area contributed by atoms with E-state index >= 15 is 0 Å². The van der Waals surface area contributed by atoms with Crippen LogP contribution in [0.25, 0.3) is 0 Å². The first kappa shape index (κ1) is 19.9. The second kappa shape index (κ2) is 8.97. The quantitative estimate of drug-likeness (QED) is 0.750. The number of rotatable bonds is 6. The number of aromatic nitrogens is 1. The summed E-state index contributed by atoms with van der Waals surface area (Å²) in [5.74, 6) is 0.557. The zero-order chi connectivity index (χ0) is 20.2. The molecule has 0 radical (unpaired) electrons. The Labute approximate surface area is 172 Å². The van der Waals surface area contributed by atoms with Gasteiger partial charge < -0.3 is 14.8 Å². The molecule has 0 saturated carbocycles. The number of carbonyl (C=O) groups excluding carboxylic acids is 2. The number of pyridine rings is 1. The lowest BCUT2D eigenvalue weighted by molar-refractivity contribution is -0.136. The van der Waals surface area contributed by atoms with Crippen molar-refractivity contribution in [3.8, 4) is 0 Å². The van der Waals surface area contributed by atoms with Crippen LogP contribution >= 0.6 is 0 Å². The van der Waals surface area contributed by atoms with Gasteiger partial charge in [0.2, 0.25) is 11.8 Å². The number of nitrogens with zero attached hydrogens (tertiary/aromatic N) is 2. The van der Waals surface area contributed by atoms with E-state index in [-0.39, 0.29) is 36.1 Å². The number of piperidine rings is 1. The van der Waals surface area contributed by atoms with E-state index in [1.165, 1.54) is 18.4 Å². The van der Waals surface area contributed by atoms with Gasteiger partial charge in [-0.1, -0.05) is 17.7 Å². The summed E-state index contributed by atoms with van der Waals surface area (Å²) in [5.41, 5.74) is 2.55. The van der Waals surface area contributed by atoms with Crippen molar-refractivity contribution in [3.05, 3.63) is 45.9 Å². The molecular weight excluding hydrogens is 366 g/mol. The molecule has 3 aliphatic rings. The van der Waals surface area contributed by atoms with Crippen molar-refractivity contribution < 1.29 is 9.59 Å². The fourth-order valence-corrected chi connectivity index (χ4v) is 5.06. The van der Waals surface area contributed by atoms with Crippen molar-refractivity contribution in [2.24, 2.45) is 5.92 Å². The second-order valence-electron chi connectivity index (χ2n) is 8.70. The Balaban J connectivity index is 1.24. The van der Waals surface area contributed by atoms with Gasteiger partial charge >= 0.3 is 0 Å². The number of fused-ring (bicyclic) bond motifs is 4. The van der Waals surface area contributed by atoms with E-state index in [4.69, 9.17) is 0 Å². The lowest BCUT2D eigenvalue weighted by Crippen LogP contribution is -2.49. The average Bonchev–Trinajstić information content (AvgIpc) is 2.73. The maximum absolute atomic E-state index is 12.7. The SMILES string of the molecule is O=C(CCC(=O)N1CC2C[C@@H](C1)Cn1c2cccc1=O)NCCC1=CCCCC1. The molecule has 0 aromatic carbocycles. The third-order valence-corrected chi connectivity index (χ3v) is 6.55. The van der Waals surface area contributed by atoms with Crippen LogP contribution in [-0.2, 0) is 16.1 Å². The Bertz CT molecular complexity index is 857. The third-order valence-electron chi connectivity index (χ3n) is 6.55. The average molecular weight is 398 g/mol. The van der Waals surface area contributed by atoms with E-state index in [0.717, 1.165) is 31.4 Å². The summed E-state index contributed by atoms with van der Waals surface area (Å²) >= 11 is 0. The van der Waals surface area contributed by atoms with Crippen molar-refractivity contribution in [2.75, 3.05) is 19.6 Å². The highest BCUT2D eigenvalue weighted by Crippen LogP contribution is 2.35. The van der Waals surface area contributed by atoms with Crippen LogP contribution in [0.15, 0.2) is 34.6 Å². The van der Waals surface area contributed by atoms with Gasteiger partial charge in [0.25, 0.3) is 5.56 Å². The van der Waals surface area contributed by atoms with Crippen LogP contribution < -0.4 is 10.9 Å². The van der Waals surface area contributed by atoms with Crippen LogP contribution in [-0.4, -0.2) is 40.9 Å². The summed E-state index contributed by atoms with van der Waals surface area (Å²) in [7, 11) is 0. The van der Waals surface area contributed by atoms with E-state index < -0.39 is 0 Å². The summed E-state index contributed by atoms with van der Waals surface area (Å²) in [5, 5.41) is 2.96. The van der Waals surface area contributed by atoms with Gasteiger partial charge in [-0.25, -0.2) is 0 Å². The van der Waals surface area contributed by atoms with Crippen molar-refractivity contribution in [2.45, 2.75) is 63.8 Å². The maximum atomic E-state index is 12.7. The van der Waals surface area contributed by atoms with Crippen LogP contribution in [0.2, 0.25) is 0 Å². The molecule has 1 aliphatic carbocycles. The molecule has 1 unspecified atom stereocenters. The Kier molecular flexibility index (Phi) is 6.16. The highest BCUT2D eigenvalue weighted by atomic mass is 16.2. The van der Waals surface area contributed by atoms with E-state index in [0.29, 0.717) is 32.1 Å². The van der Waals surface area contributed by atoms with Crippen LogP contribution in [0.1, 0.15) is 63.0 Å². The first-order chi connectivity index (χ1) is 14.1. The molecule has 29 heavy (non-hydrogen) atoms. The largest absolute Gasteiger partial charge is 0.356 e. The Morgan fingerprint density at radius 2 is 2.00 bits per heavy atom. The molecule has 2 atom stereocenters. The van der Waals surface area contributed by atoms with Crippen molar-refractivity contribution in [1.29, 1.82) is 0 Å². The zero-order valence-electron chi connectivity index (χ0n) is 17.1. The summed E-state index contributed by atoms with van der Waals surface area (Å²) in [6.45, 7) is 2.68. The monoisotopic (exact) mass is 397 g/mol. The van der Waals surface area contributed by atoms with Crippen LogP contribution in [0.5, 0.6) is 0 Å². The molecular formula is C23H31N3O3. The van der Waals surface area contributed by atoms with Gasteiger partial charge in [-0.2, -0.15) is 0 Å². The molecule has 2 bridgehead atoms. The topological polar surface area (TPSA) is 71.4 Å². The number of carbonyl (C=O) groups is 2. The van der Waals surface area contributed by atoms with Crippen LogP contribution in [0.4, 0.5) is 0 Å². The minimum absolute atomic E-state index is 0.0381. The van der Waals surface area contributed by atoms with Crippen LogP contribution in [0, 0.1) is 5.92 Å². The summed E-state index contributed by atoms with van der Waals surface area (Å²) in [6, 6.07) is 5.42. The number of hydrogen-bond acceptors (Lipinski definition) is 3. The first-order valence-electron chi connectivity index (χ1n) is 11.0. The van der Waals surface area contributed by atoms with Gasteiger partial charge in [-0.3, -0.25) is 14.4 Å². The summed E-state index contributed by atoms with van der Waals surface area (Å²) in [4.78, 5) is 38.8. The van der Waals surface area contributed by atoms with Gasteiger partial charge in [0.1, 0.15) is 0 Å². The third kappa shape index (κ3) is 4.80. The maximum Gasteiger partial charge on any atom is 0.250 e. The molecule has 1 fully saturated rings. The second-order valence-corrected chi connectivity index (χ2v) is 8.70. The van der Waals surface area contributed by atoms with E-state index in [1.807, 2.05) is 21.6 Å². The number of hydrogen-bond donors (Lipinski definition) is 1. The smallest absolute Gasteiger partial charge is 0.250 e. The minimum atomic E-state index is -0.0381. The molecule has 1 saturated heterocycles. The van der Waals surface area contributed by atoms with Gasteiger partial charge in [0, 0.05) is 56.7 Å². The van der Waals surface area contributed by atoms with Gasteiger partial charge in [-0.05, 0) is 50.5 Å². The minimum Gasteiger partial charge on any atom is -0.356 e. The molecule has 6 heteroatoms. The highest BCUT2D eigenvalue weighted by Gasteiger charge is 2.36. The summed E-state index contributed by atoms with van der Waals surface area (Å²) < 4.78 is 1.87. The molecule has 1 N–H and O–H groups in total. The van der Waals surface area contributed by atoms with Crippen molar-refractivity contribution in [3.63, 3.8) is 0 Å². The van der Waals surface area contributed by atoms with E-state index in [1.54, 1.807) is 6.07 Å². The predicted molar refractivity (Wildman–Crippen MR) is 112 cm³/mol. The molecule has 3 heterocycles. The standard InChI is InChI=1S/C23H31N3O3/c27-21(24-12-11-17-5-2-1-3-6-17)9-10-22(28)25-14-18-13-19(16-25)20-7-4-8-23(29)26(20)15-18/h4-5,7-8,18-19H,1-3,6,9-16H2,(H,24,27)/t18-,19?/m0/s1. The lowest BCUT2D eigenvalue weighted by Gasteiger charge is -2.42. The molecule has 1 aromatic rings. The number of amides is 2. The van der Waals surface area contributed by atoms with E-state index in [2.05, 4.69) is 11.4 Å². The first-order valence-corrected chi connectivity index (χ1v) is 11.0. The molecule has 4 rings (SSSR count). The van der Waals surface area contributed by atoms with Crippen LogP contribution in [0.3, 0.4) is 0 Å². The molecule has 0 spiro atoms. The zero-order valence-corrected chi connectivity index (χ0v) is 17.1. The van der Waals surface area contributed by atoms with Gasteiger partial charge in [0.05, 0.1) is 0 Å². The lowest BCUT2D eigenvalue weighted by atomic mass is 9.83. The van der Waals surface area contributed by atoms with E-state index in [9.17, 15) is 14.4 Å². The molecule has 1 aromatic heterocycles. The van der Waals surface area contributed by atoms with Gasteiger partial charge in [-0.15, -0.1) is 0 Å².